The molecule has 0 spiro atoms. The van der Waals surface area contributed by atoms with E-state index in [0.717, 1.165) is 16.0 Å². The Morgan fingerprint density at radius 3 is 2.90 bits per heavy atom. The Morgan fingerprint density at radius 1 is 1.24 bits per heavy atom. The van der Waals surface area contributed by atoms with E-state index in [1.165, 1.54) is 16.3 Å². The van der Waals surface area contributed by atoms with Crippen LogP contribution >= 0.6 is 11.3 Å². The molecule has 8 nitrogen and oxygen atoms in total. The number of hydrazone groups is 1. The number of benzene rings is 1. The number of rotatable bonds is 5. The lowest BCUT2D eigenvalue weighted by Crippen LogP contribution is -2.35. The van der Waals surface area contributed by atoms with Crippen molar-refractivity contribution < 1.29 is 18.7 Å². The van der Waals surface area contributed by atoms with Crippen molar-refractivity contribution in [3.8, 4) is 10.8 Å². The molecular weight excluding hydrogens is 392 g/mol. The van der Waals surface area contributed by atoms with E-state index in [-0.39, 0.29) is 37.0 Å². The lowest BCUT2D eigenvalue weighted by Gasteiger charge is -2.24. The van der Waals surface area contributed by atoms with Crippen LogP contribution in [0.1, 0.15) is 29.9 Å². The average molecular weight is 410 g/mol. The van der Waals surface area contributed by atoms with Gasteiger partial charge in [0.05, 0.1) is 10.6 Å². The van der Waals surface area contributed by atoms with Gasteiger partial charge in [-0.15, -0.1) is 21.5 Å². The maximum atomic E-state index is 12.5. The van der Waals surface area contributed by atoms with E-state index < -0.39 is 5.97 Å². The fourth-order valence-electron chi connectivity index (χ4n) is 2.86. The molecule has 148 valence electrons. The van der Waals surface area contributed by atoms with E-state index in [4.69, 9.17) is 9.15 Å². The van der Waals surface area contributed by atoms with E-state index >= 15 is 0 Å². The molecule has 0 atom stereocenters. The van der Waals surface area contributed by atoms with Crippen LogP contribution < -0.4 is 5.01 Å². The summed E-state index contributed by atoms with van der Waals surface area (Å²) >= 11 is 1.48. The molecule has 0 aliphatic carbocycles. The van der Waals surface area contributed by atoms with E-state index in [0.29, 0.717) is 11.6 Å². The normalized spacial score (nSPS) is 14.1. The monoisotopic (exact) mass is 410 g/mol. The van der Waals surface area contributed by atoms with Crippen LogP contribution in [-0.2, 0) is 20.9 Å². The summed E-state index contributed by atoms with van der Waals surface area (Å²) < 4.78 is 10.8. The van der Waals surface area contributed by atoms with Crippen molar-refractivity contribution in [1.82, 2.24) is 10.2 Å². The van der Waals surface area contributed by atoms with E-state index in [9.17, 15) is 9.59 Å². The van der Waals surface area contributed by atoms with Crippen LogP contribution in [0.2, 0.25) is 0 Å². The molecule has 9 heteroatoms. The second-order valence-corrected chi connectivity index (χ2v) is 7.54. The van der Waals surface area contributed by atoms with Crippen LogP contribution in [-0.4, -0.2) is 27.8 Å². The van der Waals surface area contributed by atoms with Crippen molar-refractivity contribution in [1.29, 1.82) is 0 Å². The van der Waals surface area contributed by atoms with Gasteiger partial charge in [0.25, 0.3) is 11.8 Å². The number of thiophene rings is 1. The lowest BCUT2D eigenvalue weighted by molar-refractivity contribution is -0.137. The average Bonchev–Trinajstić information content (AvgIpc) is 3.40. The first-order valence-corrected chi connectivity index (χ1v) is 9.90. The molecule has 3 aromatic rings. The van der Waals surface area contributed by atoms with Crippen LogP contribution in [0.3, 0.4) is 0 Å². The predicted octanol–water partition coefficient (Wildman–Crippen LogP) is 3.64. The van der Waals surface area contributed by atoms with Crippen molar-refractivity contribution in [3.05, 3.63) is 52.7 Å². The SMILES string of the molecule is Cc1ccc(C)c(N2N=C(C(=O)OCc3nnc(-c4cccs4)o3)CCC2=O)c1. The van der Waals surface area contributed by atoms with Crippen molar-refractivity contribution in [2.75, 3.05) is 5.01 Å². The van der Waals surface area contributed by atoms with Crippen LogP contribution in [0.15, 0.2) is 45.2 Å². The zero-order valence-electron chi connectivity index (χ0n) is 15.9. The van der Waals surface area contributed by atoms with E-state index in [2.05, 4.69) is 15.3 Å². The zero-order chi connectivity index (χ0) is 20.4. The largest absolute Gasteiger partial charge is 0.451 e. The molecule has 0 unspecified atom stereocenters. The standard InChI is InChI=1S/C20H18N4O4S/c1-12-5-6-13(2)15(10-12)24-18(25)8-7-14(23-24)20(26)27-11-17-21-22-19(28-17)16-4-3-9-29-16/h3-6,9-10H,7-8,11H2,1-2H3. The van der Waals surface area contributed by atoms with Crippen molar-refractivity contribution in [2.45, 2.75) is 33.3 Å². The van der Waals surface area contributed by atoms with Crippen LogP contribution in [0.4, 0.5) is 5.69 Å². The first-order valence-electron chi connectivity index (χ1n) is 9.02. The molecular formula is C20H18N4O4S. The van der Waals surface area contributed by atoms with Gasteiger partial charge in [-0.25, -0.2) is 4.79 Å². The van der Waals surface area contributed by atoms with Crippen molar-refractivity contribution in [3.63, 3.8) is 0 Å². The Balaban J connectivity index is 1.47. The molecule has 1 aromatic carbocycles. The number of aromatic nitrogens is 2. The molecule has 1 aliphatic rings. The number of hydrogen-bond acceptors (Lipinski definition) is 8. The molecule has 0 bridgehead atoms. The van der Waals surface area contributed by atoms with Gasteiger partial charge in [-0.3, -0.25) is 4.79 Å². The summed E-state index contributed by atoms with van der Waals surface area (Å²) in [6.07, 6.45) is 0.410. The highest BCUT2D eigenvalue weighted by atomic mass is 32.1. The molecule has 0 saturated carbocycles. The van der Waals surface area contributed by atoms with E-state index in [1.54, 1.807) is 0 Å². The third kappa shape index (κ3) is 4.09. The third-order valence-corrected chi connectivity index (χ3v) is 5.24. The first-order chi connectivity index (χ1) is 14.0. The maximum absolute atomic E-state index is 12.5. The van der Waals surface area contributed by atoms with Crippen LogP contribution in [0.5, 0.6) is 0 Å². The number of hydrogen-bond donors (Lipinski definition) is 0. The van der Waals surface area contributed by atoms with Gasteiger partial charge in [0, 0.05) is 12.8 Å². The molecule has 4 rings (SSSR count). The molecule has 0 radical (unpaired) electrons. The molecule has 1 aliphatic heterocycles. The fraction of sp³-hybridized carbons (Fsp3) is 0.250. The Hall–Kier alpha value is -3.33. The van der Waals surface area contributed by atoms with Gasteiger partial charge in [0.2, 0.25) is 5.91 Å². The molecule has 2 aromatic heterocycles. The van der Waals surface area contributed by atoms with Gasteiger partial charge in [-0.1, -0.05) is 18.2 Å². The predicted molar refractivity (Wildman–Crippen MR) is 107 cm³/mol. The Labute approximate surface area is 170 Å². The highest BCUT2D eigenvalue weighted by molar-refractivity contribution is 7.13. The minimum Gasteiger partial charge on any atom is -0.451 e. The second-order valence-electron chi connectivity index (χ2n) is 6.60. The lowest BCUT2D eigenvalue weighted by atomic mass is 10.1. The first kappa shape index (κ1) is 19.0. The van der Waals surface area contributed by atoms with Crippen molar-refractivity contribution >= 4 is 34.6 Å². The minimum absolute atomic E-state index is 0.159. The molecule has 0 N–H and O–H groups in total. The summed E-state index contributed by atoms with van der Waals surface area (Å²) in [6, 6.07) is 9.50. The summed E-state index contributed by atoms with van der Waals surface area (Å²) in [5.41, 5.74) is 2.75. The third-order valence-electron chi connectivity index (χ3n) is 4.39. The van der Waals surface area contributed by atoms with Gasteiger partial charge >= 0.3 is 5.97 Å². The number of amides is 1. The van der Waals surface area contributed by atoms with Gasteiger partial charge in [0.15, 0.2) is 6.61 Å². The number of esters is 1. The molecule has 29 heavy (non-hydrogen) atoms. The number of aryl methyl sites for hydroxylation is 2. The highest BCUT2D eigenvalue weighted by Crippen LogP contribution is 2.26. The van der Waals surface area contributed by atoms with Gasteiger partial charge in [-0.05, 0) is 42.5 Å². The van der Waals surface area contributed by atoms with Crippen LogP contribution in [0, 0.1) is 13.8 Å². The van der Waals surface area contributed by atoms with Gasteiger partial charge in [0.1, 0.15) is 5.71 Å². The molecule has 1 amide bonds. The quantitative estimate of drug-likeness (QED) is 0.596. The number of carbonyl (C=O) groups is 2. The topological polar surface area (TPSA) is 97.9 Å². The Kier molecular flexibility index (Phi) is 5.22. The molecule has 0 fully saturated rings. The zero-order valence-corrected chi connectivity index (χ0v) is 16.7. The number of ether oxygens (including phenoxy) is 1. The van der Waals surface area contributed by atoms with Gasteiger partial charge in [-0.2, -0.15) is 10.1 Å². The summed E-state index contributed by atoms with van der Waals surface area (Å²) in [7, 11) is 0. The number of carbonyl (C=O) groups excluding carboxylic acids is 2. The Bertz CT molecular complexity index is 1090. The van der Waals surface area contributed by atoms with E-state index in [1.807, 2.05) is 49.6 Å². The highest BCUT2D eigenvalue weighted by Gasteiger charge is 2.27. The summed E-state index contributed by atoms with van der Waals surface area (Å²) in [6.45, 7) is 3.67. The Morgan fingerprint density at radius 2 is 2.10 bits per heavy atom. The summed E-state index contributed by atoms with van der Waals surface area (Å²) in [5.74, 6) is -0.190. The second kappa shape index (κ2) is 7.96. The summed E-state index contributed by atoms with van der Waals surface area (Å²) in [4.78, 5) is 25.7. The fourth-order valence-corrected chi connectivity index (χ4v) is 3.50. The number of nitrogens with zero attached hydrogens (tertiary/aromatic N) is 4. The maximum Gasteiger partial charge on any atom is 0.355 e. The smallest absolute Gasteiger partial charge is 0.355 e. The van der Waals surface area contributed by atoms with Gasteiger partial charge < -0.3 is 9.15 Å². The number of anilines is 1. The summed E-state index contributed by atoms with van der Waals surface area (Å²) in [5, 5.41) is 15.3. The molecule has 0 saturated heterocycles. The van der Waals surface area contributed by atoms with Crippen molar-refractivity contribution in [2.24, 2.45) is 5.10 Å². The molecule has 3 heterocycles. The van der Waals surface area contributed by atoms with Crippen LogP contribution in [0.25, 0.3) is 10.8 Å². The minimum atomic E-state index is -0.608.